The lowest BCUT2D eigenvalue weighted by atomic mass is 10.2. The van der Waals surface area contributed by atoms with Crippen molar-refractivity contribution < 1.29 is 13.2 Å². The molecule has 1 aromatic heterocycles. The molecular weight excluding hydrogens is 442 g/mol. The first-order valence-electron chi connectivity index (χ1n) is 10.8. The van der Waals surface area contributed by atoms with Gasteiger partial charge < -0.3 is 4.90 Å². The minimum Gasteiger partial charge on any atom is -0.309 e. The quantitative estimate of drug-likeness (QED) is 0.435. The molecule has 8 heteroatoms. The number of benzene rings is 2. The molecule has 0 spiro atoms. The van der Waals surface area contributed by atoms with Crippen molar-refractivity contribution in [1.29, 1.82) is 0 Å². The molecule has 0 N–H and O–H groups in total. The van der Waals surface area contributed by atoms with E-state index in [9.17, 15) is 13.2 Å². The summed E-state index contributed by atoms with van der Waals surface area (Å²) in [6.45, 7) is 5.35. The molecule has 172 valence electrons. The summed E-state index contributed by atoms with van der Waals surface area (Å²) in [6, 6.07) is 12.9. The Morgan fingerprint density at radius 1 is 1.00 bits per heavy atom. The van der Waals surface area contributed by atoms with Crippen molar-refractivity contribution in [3.05, 3.63) is 53.6 Å². The Kier molecular flexibility index (Phi) is 8.03. The van der Waals surface area contributed by atoms with Crippen LogP contribution in [0.3, 0.4) is 0 Å². The molecule has 0 atom stereocenters. The van der Waals surface area contributed by atoms with Crippen molar-refractivity contribution in [2.24, 2.45) is 0 Å². The van der Waals surface area contributed by atoms with E-state index in [2.05, 4.69) is 4.90 Å². The van der Waals surface area contributed by atoms with Crippen molar-refractivity contribution >= 4 is 42.4 Å². The second-order valence-corrected chi connectivity index (χ2v) is 11.5. The predicted molar refractivity (Wildman–Crippen MR) is 132 cm³/mol. The largest absolute Gasteiger partial charge is 0.309 e. The topological polar surface area (TPSA) is 70.6 Å². The molecule has 0 aliphatic heterocycles. The fourth-order valence-corrected chi connectivity index (χ4v) is 5.87. The van der Waals surface area contributed by atoms with E-state index >= 15 is 0 Å². The SMILES string of the molecule is Cc1ccc(S(=O)(=O)CCCC(=O)N(CCCN(C)C)c2nc3c(C)cccc3s2)cc1. The van der Waals surface area contributed by atoms with Gasteiger partial charge in [-0.1, -0.05) is 41.2 Å². The summed E-state index contributed by atoms with van der Waals surface area (Å²) in [6.07, 6.45) is 1.26. The molecule has 0 radical (unpaired) electrons. The summed E-state index contributed by atoms with van der Waals surface area (Å²) in [4.78, 5) is 22.0. The number of sulfone groups is 1. The number of hydrogen-bond donors (Lipinski definition) is 0. The Labute approximate surface area is 194 Å². The van der Waals surface area contributed by atoms with Crippen LogP contribution in [0, 0.1) is 13.8 Å². The summed E-state index contributed by atoms with van der Waals surface area (Å²) >= 11 is 1.51. The lowest BCUT2D eigenvalue weighted by Gasteiger charge is -2.21. The van der Waals surface area contributed by atoms with Crippen LogP contribution in [0.15, 0.2) is 47.4 Å². The highest BCUT2D eigenvalue weighted by Crippen LogP contribution is 2.31. The zero-order valence-corrected chi connectivity index (χ0v) is 20.8. The van der Waals surface area contributed by atoms with Crippen molar-refractivity contribution in [3.8, 4) is 0 Å². The molecule has 0 saturated carbocycles. The molecule has 0 aliphatic carbocycles. The van der Waals surface area contributed by atoms with E-state index in [-0.39, 0.29) is 24.5 Å². The first-order chi connectivity index (χ1) is 15.2. The summed E-state index contributed by atoms with van der Waals surface area (Å²) in [5, 5.41) is 0.680. The molecule has 32 heavy (non-hydrogen) atoms. The Morgan fingerprint density at radius 2 is 1.72 bits per heavy atom. The zero-order valence-electron chi connectivity index (χ0n) is 19.2. The van der Waals surface area contributed by atoms with E-state index in [0.717, 1.165) is 34.3 Å². The minimum atomic E-state index is -3.41. The number of hydrogen-bond acceptors (Lipinski definition) is 6. The van der Waals surface area contributed by atoms with Gasteiger partial charge in [0, 0.05) is 13.0 Å². The van der Waals surface area contributed by atoms with Gasteiger partial charge in [-0.2, -0.15) is 0 Å². The minimum absolute atomic E-state index is 0.0493. The number of rotatable bonds is 10. The fourth-order valence-electron chi connectivity index (χ4n) is 3.47. The van der Waals surface area contributed by atoms with Gasteiger partial charge >= 0.3 is 0 Å². The van der Waals surface area contributed by atoms with Crippen molar-refractivity contribution in [3.63, 3.8) is 0 Å². The fraction of sp³-hybridized carbons (Fsp3) is 0.417. The Bertz CT molecular complexity index is 1170. The molecule has 1 amide bonds. The molecule has 1 heterocycles. The van der Waals surface area contributed by atoms with Gasteiger partial charge in [-0.05, 0) is 71.1 Å². The van der Waals surface area contributed by atoms with Crippen molar-refractivity contribution in [2.75, 3.05) is 37.8 Å². The highest BCUT2D eigenvalue weighted by molar-refractivity contribution is 7.91. The van der Waals surface area contributed by atoms with E-state index in [1.807, 2.05) is 46.1 Å². The van der Waals surface area contributed by atoms with Crippen LogP contribution in [0.2, 0.25) is 0 Å². The van der Waals surface area contributed by atoms with Gasteiger partial charge in [0.05, 0.1) is 20.9 Å². The number of amides is 1. The first kappa shape index (κ1) is 24.4. The maximum atomic E-state index is 13.1. The van der Waals surface area contributed by atoms with Gasteiger partial charge in [0.25, 0.3) is 0 Å². The van der Waals surface area contributed by atoms with E-state index in [0.29, 0.717) is 16.6 Å². The van der Waals surface area contributed by atoms with E-state index in [4.69, 9.17) is 4.98 Å². The molecule has 6 nitrogen and oxygen atoms in total. The number of aryl methyl sites for hydroxylation is 2. The van der Waals surface area contributed by atoms with Crippen LogP contribution >= 0.6 is 11.3 Å². The number of anilines is 1. The van der Waals surface area contributed by atoms with E-state index in [1.54, 1.807) is 29.2 Å². The van der Waals surface area contributed by atoms with Crippen molar-refractivity contribution in [1.82, 2.24) is 9.88 Å². The average molecular weight is 474 g/mol. The monoisotopic (exact) mass is 473 g/mol. The van der Waals surface area contributed by atoms with Crippen LogP contribution in [0.5, 0.6) is 0 Å². The number of carbonyl (C=O) groups excluding carboxylic acids is 1. The molecule has 3 aromatic rings. The highest BCUT2D eigenvalue weighted by Gasteiger charge is 2.21. The number of thiazole rings is 1. The third-order valence-corrected chi connectivity index (χ3v) is 8.17. The maximum Gasteiger partial charge on any atom is 0.228 e. The highest BCUT2D eigenvalue weighted by atomic mass is 32.2. The van der Waals surface area contributed by atoms with Gasteiger partial charge in [-0.3, -0.25) is 9.69 Å². The maximum absolute atomic E-state index is 13.1. The van der Waals surface area contributed by atoms with Gasteiger partial charge in [0.15, 0.2) is 15.0 Å². The summed E-state index contributed by atoms with van der Waals surface area (Å²) < 4.78 is 26.3. The second-order valence-electron chi connectivity index (χ2n) is 8.36. The van der Waals surface area contributed by atoms with Crippen LogP contribution in [-0.4, -0.2) is 57.1 Å². The van der Waals surface area contributed by atoms with Gasteiger partial charge in [-0.15, -0.1) is 0 Å². The summed E-state index contributed by atoms with van der Waals surface area (Å²) in [5.74, 6) is -0.133. The van der Waals surface area contributed by atoms with Crippen LogP contribution < -0.4 is 4.90 Å². The number of fused-ring (bicyclic) bond motifs is 1. The Morgan fingerprint density at radius 3 is 2.38 bits per heavy atom. The van der Waals surface area contributed by atoms with Crippen molar-refractivity contribution in [2.45, 2.75) is 38.0 Å². The number of para-hydroxylation sites is 1. The number of aromatic nitrogens is 1. The molecule has 0 bridgehead atoms. The number of nitrogens with zero attached hydrogens (tertiary/aromatic N) is 3. The number of carbonyl (C=O) groups is 1. The summed E-state index contributed by atoms with van der Waals surface area (Å²) in [5.41, 5.74) is 3.01. The van der Waals surface area contributed by atoms with Crippen LogP contribution in [0.25, 0.3) is 10.2 Å². The van der Waals surface area contributed by atoms with E-state index < -0.39 is 9.84 Å². The third-order valence-electron chi connectivity index (χ3n) is 5.31. The average Bonchev–Trinajstić information content (AvgIpc) is 3.16. The normalized spacial score (nSPS) is 11.9. The Balaban J connectivity index is 1.71. The molecular formula is C24H31N3O3S2. The summed E-state index contributed by atoms with van der Waals surface area (Å²) in [7, 11) is 0.598. The van der Waals surface area contributed by atoms with Gasteiger partial charge in [-0.25, -0.2) is 13.4 Å². The van der Waals surface area contributed by atoms with Gasteiger partial charge in [0.2, 0.25) is 5.91 Å². The molecule has 2 aromatic carbocycles. The van der Waals surface area contributed by atoms with Crippen LogP contribution in [-0.2, 0) is 14.6 Å². The Hall–Kier alpha value is -2.29. The molecule has 0 aliphatic rings. The molecule has 0 fully saturated rings. The van der Waals surface area contributed by atoms with E-state index in [1.165, 1.54) is 11.3 Å². The second kappa shape index (κ2) is 10.6. The lowest BCUT2D eigenvalue weighted by molar-refractivity contribution is -0.118. The predicted octanol–water partition coefficient (Wildman–Crippen LogP) is 4.45. The van der Waals surface area contributed by atoms with Crippen LogP contribution in [0.1, 0.15) is 30.4 Å². The molecule has 3 rings (SSSR count). The lowest BCUT2D eigenvalue weighted by Crippen LogP contribution is -2.33. The third kappa shape index (κ3) is 6.15. The molecule has 0 unspecified atom stereocenters. The smallest absolute Gasteiger partial charge is 0.228 e. The standard InChI is InChI=1S/C24H31N3O3S2/c1-18-11-13-20(14-12-18)32(29,30)17-6-10-22(28)27(16-7-15-26(3)4)24-25-23-19(2)8-5-9-21(23)31-24/h5,8-9,11-14H,6-7,10,15-17H2,1-4H3. The molecule has 0 saturated heterocycles. The van der Waals surface area contributed by atoms with Crippen LogP contribution in [0.4, 0.5) is 5.13 Å². The first-order valence-corrected chi connectivity index (χ1v) is 13.2. The van der Waals surface area contributed by atoms with Gasteiger partial charge in [0.1, 0.15) is 0 Å². The zero-order chi connectivity index (χ0) is 23.3.